The molecule has 0 amide bonds. The molecule has 1 aliphatic carbocycles. The van der Waals surface area contributed by atoms with Crippen molar-refractivity contribution in [1.29, 1.82) is 0 Å². The number of carbonyl (C=O) groups is 1. The Kier molecular flexibility index (Phi) is 1.99. The van der Waals surface area contributed by atoms with Gasteiger partial charge in [-0.15, -0.1) is 0 Å². The molecule has 0 aromatic rings. The summed E-state index contributed by atoms with van der Waals surface area (Å²) in [4.78, 5) is 10.5. The minimum atomic E-state index is -4.87. The molecule has 80 valence electrons. The van der Waals surface area contributed by atoms with E-state index in [4.69, 9.17) is 0 Å². The summed E-state index contributed by atoms with van der Waals surface area (Å²) in [6.07, 6.45) is -3.22. The van der Waals surface area contributed by atoms with Gasteiger partial charge in [0.1, 0.15) is 6.10 Å². The predicted molar refractivity (Wildman–Crippen MR) is 40.5 cm³/mol. The Bertz CT molecular complexity index is 258. The Morgan fingerprint density at radius 1 is 1.50 bits per heavy atom. The second-order valence-electron chi connectivity index (χ2n) is 3.78. The molecule has 14 heavy (non-hydrogen) atoms. The molecule has 1 heterocycles. The van der Waals surface area contributed by atoms with Crippen molar-refractivity contribution in [2.45, 2.75) is 37.1 Å². The Morgan fingerprint density at radius 2 is 2.21 bits per heavy atom. The average molecular weight is 209 g/mol. The van der Waals surface area contributed by atoms with Gasteiger partial charge < -0.3 is 10.1 Å². The van der Waals surface area contributed by atoms with E-state index in [-0.39, 0.29) is 5.54 Å². The van der Waals surface area contributed by atoms with E-state index in [0.717, 1.165) is 19.4 Å². The molecule has 1 aliphatic heterocycles. The summed E-state index contributed by atoms with van der Waals surface area (Å²) in [5.41, 5.74) is -0.332. The highest BCUT2D eigenvalue weighted by Crippen LogP contribution is 2.46. The second kappa shape index (κ2) is 2.85. The average Bonchev–Trinajstić information content (AvgIpc) is 2.53. The summed E-state index contributed by atoms with van der Waals surface area (Å²) in [6, 6.07) is 0. The van der Waals surface area contributed by atoms with E-state index in [1.807, 2.05) is 0 Å². The molecule has 2 fully saturated rings. The molecule has 2 aliphatic rings. The molecule has 1 saturated carbocycles. The summed E-state index contributed by atoms with van der Waals surface area (Å²) in [5, 5.41) is 3.07. The number of halogens is 3. The van der Waals surface area contributed by atoms with Gasteiger partial charge >= 0.3 is 12.1 Å². The summed E-state index contributed by atoms with van der Waals surface area (Å²) in [7, 11) is 0. The first kappa shape index (κ1) is 9.76. The number of ether oxygens (including phenoxy) is 1. The van der Waals surface area contributed by atoms with Gasteiger partial charge in [-0.3, -0.25) is 0 Å². The minimum Gasteiger partial charge on any atom is -0.454 e. The third-order valence-electron chi connectivity index (χ3n) is 2.76. The van der Waals surface area contributed by atoms with E-state index >= 15 is 0 Å². The molecule has 0 radical (unpaired) electrons. The van der Waals surface area contributed by atoms with E-state index in [0.29, 0.717) is 6.42 Å². The lowest BCUT2D eigenvalue weighted by Gasteiger charge is -2.11. The van der Waals surface area contributed by atoms with Crippen LogP contribution in [0.3, 0.4) is 0 Å². The molecule has 2 unspecified atom stereocenters. The molecule has 0 aromatic heterocycles. The maximum atomic E-state index is 11.8. The first-order chi connectivity index (χ1) is 6.44. The van der Waals surface area contributed by atoms with Crippen LogP contribution in [0.5, 0.6) is 0 Å². The number of rotatable bonds is 1. The third kappa shape index (κ3) is 1.58. The van der Waals surface area contributed by atoms with E-state index in [2.05, 4.69) is 10.1 Å². The number of hydrogen-bond acceptors (Lipinski definition) is 3. The fourth-order valence-electron chi connectivity index (χ4n) is 1.90. The standard InChI is InChI=1S/C8H10F3NO2/c9-8(10,11)6(13)14-5-4-7(5)2-1-3-12-7/h5,12H,1-4H2. The van der Waals surface area contributed by atoms with Gasteiger partial charge in [0, 0.05) is 6.42 Å². The highest BCUT2D eigenvalue weighted by molar-refractivity contribution is 5.76. The molecule has 0 aromatic carbocycles. The van der Waals surface area contributed by atoms with Crippen LogP contribution in [0.1, 0.15) is 19.3 Å². The SMILES string of the molecule is O=C(OC1CC12CCCN2)C(F)(F)F. The number of esters is 1. The van der Waals surface area contributed by atoms with Crippen LogP contribution < -0.4 is 5.32 Å². The Hall–Kier alpha value is -0.780. The van der Waals surface area contributed by atoms with E-state index in [1.165, 1.54) is 0 Å². The fourth-order valence-corrected chi connectivity index (χ4v) is 1.90. The van der Waals surface area contributed by atoms with Crippen LogP contribution in [0.2, 0.25) is 0 Å². The van der Waals surface area contributed by atoms with Crippen LogP contribution >= 0.6 is 0 Å². The summed E-state index contributed by atoms with van der Waals surface area (Å²) in [5.74, 6) is -2.08. The number of carbonyl (C=O) groups excluding carboxylic acids is 1. The number of alkyl halides is 3. The topological polar surface area (TPSA) is 38.3 Å². The second-order valence-corrected chi connectivity index (χ2v) is 3.78. The number of nitrogens with one attached hydrogen (secondary N) is 1. The van der Waals surface area contributed by atoms with Gasteiger partial charge in [-0.1, -0.05) is 0 Å². The molecule has 6 heteroatoms. The maximum absolute atomic E-state index is 11.8. The lowest BCUT2D eigenvalue weighted by Crippen LogP contribution is -2.33. The Balaban J connectivity index is 1.87. The zero-order valence-corrected chi connectivity index (χ0v) is 7.36. The molecule has 1 spiro atoms. The van der Waals surface area contributed by atoms with Gasteiger partial charge in [-0.2, -0.15) is 13.2 Å². The van der Waals surface area contributed by atoms with E-state index in [1.54, 1.807) is 0 Å². The highest BCUT2D eigenvalue weighted by Gasteiger charge is 2.60. The zero-order valence-electron chi connectivity index (χ0n) is 7.36. The fraction of sp³-hybridized carbons (Fsp3) is 0.875. The van der Waals surface area contributed by atoms with Gasteiger partial charge in [0.25, 0.3) is 0 Å². The van der Waals surface area contributed by atoms with Crippen LogP contribution in [0.4, 0.5) is 13.2 Å². The van der Waals surface area contributed by atoms with E-state index in [9.17, 15) is 18.0 Å². The molecule has 0 bridgehead atoms. The molecule has 1 N–H and O–H groups in total. The summed E-state index contributed by atoms with van der Waals surface area (Å²) < 4.78 is 39.8. The molecule has 1 saturated heterocycles. The van der Waals surface area contributed by atoms with Crippen LogP contribution in [0.25, 0.3) is 0 Å². The third-order valence-corrected chi connectivity index (χ3v) is 2.76. The normalized spacial score (nSPS) is 36.1. The predicted octanol–water partition coefficient (Wildman–Crippen LogP) is 0.986. The van der Waals surface area contributed by atoms with Crippen molar-refractivity contribution in [3.63, 3.8) is 0 Å². The quantitative estimate of drug-likeness (QED) is 0.654. The zero-order chi connectivity index (χ0) is 10.4. The monoisotopic (exact) mass is 209 g/mol. The van der Waals surface area contributed by atoms with Gasteiger partial charge in [0.05, 0.1) is 5.54 Å². The smallest absolute Gasteiger partial charge is 0.454 e. The van der Waals surface area contributed by atoms with Crippen LogP contribution in [0.15, 0.2) is 0 Å². The highest BCUT2D eigenvalue weighted by atomic mass is 19.4. The lowest BCUT2D eigenvalue weighted by molar-refractivity contribution is -0.201. The van der Waals surface area contributed by atoms with Crippen LogP contribution in [-0.2, 0) is 9.53 Å². The molecule has 3 nitrogen and oxygen atoms in total. The number of hydrogen-bond donors (Lipinski definition) is 1. The van der Waals surface area contributed by atoms with Gasteiger partial charge in [-0.05, 0) is 19.4 Å². The summed E-state index contributed by atoms with van der Waals surface area (Å²) in [6.45, 7) is 0.792. The largest absolute Gasteiger partial charge is 0.490 e. The lowest BCUT2D eigenvalue weighted by atomic mass is 10.2. The van der Waals surface area contributed by atoms with Gasteiger partial charge in [0.2, 0.25) is 0 Å². The molecular weight excluding hydrogens is 199 g/mol. The van der Waals surface area contributed by atoms with Crippen molar-refractivity contribution in [2.75, 3.05) is 6.54 Å². The first-order valence-corrected chi connectivity index (χ1v) is 4.47. The van der Waals surface area contributed by atoms with Crippen LogP contribution in [0, 0.1) is 0 Å². The van der Waals surface area contributed by atoms with Crippen molar-refractivity contribution >= 4 is 5.97 Å². The summed E-state index contributed by atoms with van der Waals surface area (Å²) >= 11 is 0. The van der Waals surface area contributed by atoms with Gasteiger partial charge in [0.15, 0.2) is 0 Å². The van der Waals surface area contributed by atoms with Crippen molar-refractivity contribution in [3.8, 4) is 0 Å². The first-order valence-electron chi connectivity index (χ1n) is 4.47. The van der Waals surface area contributed by atoms with E-state index < -0.39 is 18.2 Å². The van der Waals surface area contributed by atoms with Crippen molar-refractivity contribution in [3.05, 3.63) is 0 Å². The van der Waals surface area contributed by atoms with Crippen molar-refractivity contribution in [1.82, 2.24) is 5.32 Å². The van der Waals surface area contributed by atoms with Crippen LogP contribution in [-0.4, -0.2) is 30.3 Å². The Morgan fingerprint density at radius 3 is 2.71 bits per heavy atom. The molecule has 2 atom stereocenters. The Labute approximate surface area is 78.6 Å². The van der Waals surface area contributed by atoms with Crippen molar-refractivity contribution in [2.24, 2.45) is 0 Å². The molecule has 2 rings (SSSR count). The minimum absolute atomic E-state index is 0.332. The van der Waals surface area contributed by atoms with Gasteiger partial charge in [-0.25, -0.2) is 4.79 Å². The van der Waals surface area contributed by atoms with Crippen molar-refractivity contribution < 1.29 is 22.7 Å². The molecular formula is C8H10F3NO2. The maximum Gasteiger partial charge on any atom is 0.490 e.